The van der Waals surface area contributed by atoms with Crippen LogP contribution in [0.1, 0.15) is 46.1 Å². The van der Waals surface area contributed by atoms with Crippen LogP contribution in [0, 0.1) is 12.3 Å². The van der Waals surface area contributed by atoms with Crippen LogP contribution in [0.15, 0.2) is 41.3 Å². The highest BCUT2D eigenvalue weighted by Crippen LogP contribution is 2.38. The molecule has 3 rings (SSSR count). The van der Waals surface area contributed by atoms with Gasteiger partial charge in [-0.1, -0.05) is 13.8 Å². The Morgan fingerprint density at radius 1 is 1.12 bits per heavy atom. The third-order valence-corrected chi connectivity index (χ3v) is 6.97. The number of nitrogens with one attached hydrogen (secondary N) is 2. The lowest BCUT2D eigenvalue weighted by atomic mass is 9.93. The zero-order chi connectivity index (χ0) is 24.4. The summed E-state index contributed by atoms with van der Waals surface area (Å²) in [7, 11) is -3.89. The zero-order valence-electron chi connectivity index (χ0n) is 19.7. The summed E-state index contributed by atoms with van der Waals surface area (Å²) in [5.41, 5.74) is 1.31. The van der Waals surface area contributed by atoms with E-state index in [0.717, 1.165) is 6.42 Å². The highest BCUT2D eigenvalue weighted by Gasteiger charge is 2.37. The van der Waals surface area contributed by atoms with Crippen molar-refractivity contribution in [1.29, 1.82) is 0 Å². The molecular formula is C24H31N3O5S. The van der Waals surface area contributed by atoms with Crippen molar-refractivity contribution in [2.24, 2.45) is 5.41 Å². The number of benzene rings is 2. The number of hydrogen-bond acceptors (Lipinski definition) is 5. The fourth-order valence-corrected chi connectivity index (χ4v) is 4.92. The summed E-state index contributed by atoms with van der Waals surface area (Å²) in [6.45, 7) is 9.82. The van der Waals surface area contributed by atoms with E-state index in [4.69, 9.17) is 4.74 Å². The molecule has 0 bridgehead atoms. The molecule has 1 aliphatic rings. The summed E-state index contributed by atoms with van der Waals surface area (Å²) in [5, 5.41) is 2.72. The van der Waals surface area contributed by atoms with Crippen LogP contribution in [0.25, 0.3) is 0 Å². The third-order valence-electron chi connectivity index (χ3n) is 5.43. The molecular weight excluding hydrogens is 442 g/mol. The van der Waals surface area contributed by atoms with E-state index in [1.807, 2.05) is 20.8 Å². The molecule has 0 atom stereocenters. The molecule has 2 aromatic rings. The molecule has 33 heavy (non-hydrogen) atoms. The van der Waals surface area contributed by atoms with Crippen LogP contribution in [0.3, 0.4) is 0 Å². The third kappa shape index (κ3) is 5.30. The van der Waals surface area contributed by atoms with E-state index in [0.29, 0.717) is 41.3 Å². The van der Waals surface area contributed by atoms with Crippen molar-refractivity contribution in [3.05, 3.63) is 42.0 Å². The number of hydrogen-bond donors (Lipinski definition) is 2. The Hall–Kier alpha value is -3.07. The molecule has 0 saturated carbocycles. The summed E-state index contributed by atoms with van der Waals surface area (Å²) in [5.74, 6) is 0.283. The molecule has 178 valence electrons. The van der Waals surface area contributed by atoms with E-state index in [1.165, 1.54) is 6.07 Å². The number of carbonyl (C=O) groups is 2. The molecule has 0 fully saturated rings. The summed E-state index contributed by atoms with van der Waals surface area (Å²) in [6.07, 6.45) is 1.11. The van der Waals surface area contributed by atoms with E-state index >= 15 is 0 Å². The average molecular weight is 474 g/mol. The molecule has 8 nitrogen and oxygen atoms in total. The summed E-state index contributed by atoms with van der Waals surface area (Å²) < 4.78 is 34.7. The number of nitrogens with zero attached hydrogens (tertiary/aromatic N) is 1. The second-order valence-corrected chi connectivity index (χ2v) is 10.5. The summed E-state index contributed by atoms with van der Waals surface area (Å²) >= 11 is 0. The maximum atomic E-state index is 13.1. The average Bonchev–Trinajstić information content (AvgIpc) is 2.83. The molecule has 0 aromatic heterocycles. The number of sulfonamides is 1. The Kier molecular flexibility index (Phi) is 7.02. The lowest BCUT2D eigenvalue weighted by Gasteiger charge is -2.27. The second-order valence-electron chi connectivity index (χ2n) is 8.80. The molecule has 2 N–H and O–H groups in total. The van der Waals surface area contributed by atoms with Gasteiger partial charge < -0.3 is 15.0 Å². The van der Waals surface area contributed by atoms with E-state index in [-0.39, 0.29) is 23.3 Å². The predicted octanol–water partition coefficient (Wildman–Crippen LogP) is 4.31. The van der Waals surface area contributed by atoms with E-state index in [1.54, 1.807) is 49.1 Å². The first-order valence-corrected chi connectivity index (χ1v) is 12.5. The van der Waals surface area contributed by atoms with Gasteiger partial charge in [-0.05, 0) is 63.1 Å². The molecule has 1 heterocycles. The fraction of sp³-hybridized carbons (Fsp3) is 0.417. The van der Waals surface area contributed by atoms with Gasteiger partial charge in [0, 0.05) is 24.7 Å². The number of carbonyl (C=O) groups excluding carboxylic acids is 2. The number of fused-ring (bicyclic) bond motifs is 1. The van der Waals surface area contributed by atoms with Crippen molar-refractivity contribution >= 4 is 38.9 Å². The first-order chi connectivity index (χ1) is 15.5. The maximum Gasteiger partial charge on any atom is 0.262 e. The first kappa shape index (κ1) is 24.6. The van der Waals surface area contributed by atoms with Gasteiger partial charge in [0.05, 0.1) is 21.7 Å². The molecule has 0 aliphatic carbocycles. The fourth-order valence-electron chi connectivity index (χ4n) is 3.64. The molecule has 0 unspecified atom stereocenters. The van der Waals surface area contributed by atoms with Crippen molar-refractivity contribution in [2.75, 3.05) is 28.1 Å². The van der Waals surface area contributed by atoms with Crippen LogP contribution < -0.4 is 19.7 Å². The van der Waals surface area contributed by atoms with Crippen LogP contribution in [0.5, 0.6) is 5.75 Å². The zero-order valence-corrected chi connectivity index (χ0v) is 20.5. The van der Waals surface area contributed by atoms with Crippen LogP contribution in [-0.4, -0.2) is 33.4 Å². The number of amides is 2. The molecule has 0 radical (unpaired) electrons. The van der Waals surface area contributed by atoms with Gasteiger partial charge in [0.1, 0.15) is 12.4 Å². The van der Waals surface area contributed by atoms with Gasteiger partial charge in [0.15, 0.2) is 0 Å². The van der Waals surface area contributed by atoms with Crippen LogP contribution in [0.4, 0.5) is 17.1 Å². The molecule has 0 spiro atoms. The minimum Gasteiger partial charge on any atom is -0.490 e. The quantitative estimate of drug-likeness (QED) is 0.624. The normalized spacial score (nSPS) is 15.3. The number of aryl methyl sites for hydroxylation is 1. The van der Waals surface area contributed by atoms with Gasteiger partial charge in [-0.3, -0.25) is 14.3 Å². The maximum absolute atomic E-state index is 13.1. The van der Waals surface area contributed by atoms with Crippen molar-refractivity contribution < 1.29 is 22.7 Å². The minimum absolute atomic E-state index is 0.0256. The minimum atomic E-state index is -3.89. The van der Waals surface area contributed by atoms with Crippen LogP contribution >= 0.6 is 0 Å². The lowest BCUT2D eigenvalue weighted by molar-refractivity contribution is -0.127. The van der Waals surface area contributed by atoms with Gasteiger partial charge in [-0.2, -0.15) is 0 Å². The van der Waals surface area contributed by atoms with Gasteiger partial charge >= 0.3 is 0 Å². The first-order valence-electron chi connectivity index (χ1n) is 11.0. The Bertz CT molecular complexity index is 1170. The Morgan fingerprint density at radius 2 is 1.82 bits per heavy atom. The Balaban J connectivity index is 1.89. The van der Waals surface area contributed by atoms with Gasteiger partial charge in [-0.15, -0.1) is 0 Å². The van der Waals surface area contributed by atoms with Crippen molar-refractivity contribution in [1.82, 2.24) is 0 Å². The smallest absolute Gasteiger partial charge is 0.262 e. The van der Waals surface area contributed by atoms with Gasteiger partial charge in [0.2, 0.25) is 11.8 Å². The molecule has 9 heteroatoms. The van der Waals surface area contributed by atoms with E-state index < -0.39 is 15.4 Å². The number of ether oxygens (including phenoxy) is 1. The van der Waals surface area contributed by atoms with Crippen molar-refractivity contribution in [3.63, 3.8) is 0 Å². The number of rotatable bonds is 7. The van der Waals surface area contributed by atoms with E-state index in [2.05, 4.69) is 10.0 Å². The second kappa shape index (κ2) is 9.43. The molecule has 1 aliphatic heterocycles. The Labute approximate surface area is 195 Å². The predicted molar refractivity (Wildman–Crippen MR) is 129 cm³/mol. The summed E-state index contributed by atoms with van der Waals surface area (Å²) in [6, 6.07) is 9.59. The van der Waals surface area contributed by atoms with Crippen molar-refractivity contribution in [2.45, 2.75) is 52.4 Å². The highest BCUT2D eigenvalue weighted by molar-refractivity contribution is 7.92. The number of anilines is 3. The monoisotopic (exact) mass is 473 g/mol. The highest BCUT2D eigenvalue weighted by atomic mass is 32.2. The summed E-state index contributed by atoms with van der Waals surface area (Å²) in [4.78, 5) is 26.4. The standard InChI is InChI=1S/C24H31N3O5S/c1-6-12-27-19-10-8-18(14-20(19)32-15-24(4,5)23(27)29)26-33(30,31)21-11-9-17(13-16(21)3)25-22(28)7-2/h8-11,13-14,26H,6-7,12,15H2,1-5H3,(H,25,28). The van der Waals surface area contributed by atoms with Crippen LogP contribution in [0.2, 0.25) is 0 Å². The lowest BCUT2D eigenvalue weighted by Crippen LogP contribution is -2.42. The molecule has 2 amide bonds. The van der Waals surface area contributed by atoms with Gasteiger partial charge in [0.25, 0.3) is 10.0 Å². The van der Waals surface area contributed by atoms with Crippen molar-refractivity contribution in [3.8, 4) is 5.75 Å². The SMILES string of the molecule is CCCN1C(=O)C(C)(C)COc2cc(NS(=O)(=O)c3ccc(NC(=O)CC)cc3C)ccc21. The Morgan fingerprint density at radius 3 is 2.45 bits per heavy atom. The largest absolute Gasteiger partial charge is 0.490 e. The van der Waals surface area contributed by atoms with E-state index in [9.17, 15) is 18.0 Å². The molecule has 2 aromatic carbocycles. The molecule has 0 saturated heterocycles. The van der Waals surface area contributed by atoms with Crippen LogP contribution in [-0.2, 0) is 19.6 Å². The van der Waals surface area contributed by atoms with Gasteiger partial charge in [-0.25, -0.2) is 8.42 Å². The topological polar surface area (TPSA) is 105 Å².